The molecule has 0 aliphatic heterocycles. The normalized spacial score (nSPS) is 12.2. The van der Waals surface area contributed by atoms with Crippen LogP contribution in [0.15, 0.2) is 60.8 Å². The Labute approximate surface area is 190 Å². The van der Waals surface area contributed by atoms with Gasteiger partial charge in [-0.1, -0.05) is 11.6 Å². The number of alkyl halides is 3. The molecule has 1 aromatic heterocycles. The average molecular weight is 468 g/mol. The minimum atomic E-state index is -4.78. The van der Waals surface area contributed by atoms with E-state index in [9.17, 15) is 22.8 Å². The summed E-state index contributed by atoms with van der Waals surface area (Å²) in [6.07, 6.45) is -3.46. The van der Waals surface area contributed by atoms with E-state index in [4.69, 9.17) is 20.6 Å². The number of carbonyl (C=O) groups excluding carboxylic acids is 2. The molecule has 0 aliphatic rings. The third kappa shape index (κ3) is 5.88. The van der Waals surface area contributed by atoms with Crippen molar-refractivity contribution in [2.45, 2.75) is 6.18 Å². The molecule has 1 heterocycles. The number of halogens is 4. The predicted molar refractivity (Wildman–Crippen MR) is 113 cm³/mol. The highest BCUT2D eigenvalue weighted by Gasteiger charge is 2.33. The van der Waals surface area contributed by atoms with Gasteiger partial charge in [0.25, 0.3) is 5.91 Å². The second-order valence-electron chi connectivity index (χ2n) is 6.17. The van der Waals surface area contributed by atoms with Crippen LogP contribution in [-0.2, 0) is 6.18 Å². The van der Waals surface area contributed by atoms with Gasteiger partial charge < -0.3 is 20.7 Å². The third-order valence-corrected chi connectivity index (χ3v) is 4.26. The summed E-state index contributed by atoms with van der Waals surface area (Å²) in [6, 6.07) is 9.53. The number of rotatable bonds is 5. The molecule has 3 N–H and O–H groups in total. The molecule has 2 aromatic carbocycles. The molecule has 0 saturated carbocycles. The number of anilines is 2. The minimum absolute atomic E-state index is 0.00559. The fourth-order valence-corrected chi connectivity index (χ4v) is 2.70. The Morgan fingerprint density at radius 3 is 2.31 bits per heavy atom. The van der Waals surface area contributed by atoms with Gasteiger partial charge in [0.1, 0.15) is 17.2 Å². The number of urea groups is 1. The lowest BCUT2D eigenvalue weighted by atomic mass is 10.2. The van der Waals surface area contributed by atoms with E-state index >= 15 is 0 Å². The van der Waals surface area contributed by atoms with Crippen molar-refractivity contribution in [1.82, 2.24) is 10.3 Å². The van der Waals surface area contributed by atoms with Gasteiger partial charge in [-0.15, -0.1) is 0 Å². The summed E-state index contributed by atoms with van der Waals surface area (Å²) < 4.78 is 68.0. The van der Waals surface area contributed by atoms with E-state index in [0.717, 1.165) is 12.1 Å². The van der Waals surface area contributed by atoms with Gasteiger partial charge in [0.15, 0.2) is 4.24 Å². The van der Waals surface area contributed by atoms with E-state index in [1.807, 2.05) is 0 Å². The highest BCUT2D eigenvalue weighted by atomic mass is 35.5. The first-order chi connectivity index (χ1) is 16.4. The number of nitrogens with one attached hydrogen (secondary N) is 3. The first kappa shape index (κ1) is 18.9. The van der Waals surface area contributed by atoms with Crippen molar-refractivity contribution in [3.63, 3.8) is 0 Å². The van der Waals surface area contributed by atoms with Crippen LogP contribution in [0.1, 0.15) is 16.1 Å². The molecule has 0 saturated heterocycles. The molecule has 3 amide bonds. The Morgan fingerprint density at radius 1 is 1.00 bits per heavy atom. The Hall–Kier alpha value is -3.79. The largest absolute Gasteiger partial charge is 0.457 e. The van der Waals surface area contributed by atoms with Crippen LogP contribution in [0.2, 0.25) is 9.26 Å². The van der Waals surface area contributed by atoms with Crippen LogP contribution in [-0.4, -0.2) is 24.0 Å². The maximum Gasteiger partial charge on any atom is 0.417 e. The van der Waals surface area contributed by atoms with Gasteiger partial charge in [-0.25, -0.2) is 4.79 Å². The summed E-state index contributed by atoms with van der Waals surface area (Å²) in [5, 5.41) is 0.496. The standard InChI is InChI=1S/C21H16ClF3N4O3/c1-26-19(30)18-11-15(8-9-27-18)32-14-5-2-12(3-6-14)28-20(31)29-13-4-7-17(22)16(10-13)21(23,24)25/h2-11H,1H3,(H,26,30)(H2,28,29,31)/i/hD3. The van der Waals surface area contributed by atoms with E-state index in [0.29, 0.717) is 16.7 Å². The molecule has 0 fully saturated rings. The number of benzene rings is 2. The molecular formula is C21H16ClF3N4O3. The van der Waals surface area contributed by atoms with Crippen molar-refractivity contribution in [3.05, 3.63) is 77.1 Å². The summed E-state index contributed by atoms with van der Waals surface area (Å²) in [5.74, 6) is -0.122. The lowest BCUT2D eigenvalue weighted by Gasteiger charge is -2.12. The van der Waals surface area contributed by atoms with Crippen molar-refractivity contribution in [2.24, 2.45) is 0 Å². The van der Waals surface area contributed by atoms with Crippen molar-refractivity contribution >= 4 is 34.9 Å². The first-order valence-electron chi connectivity index (χ1n) is 10.2. The Morgan fingerprint density at radius 2 is 1.66 bits per heavy atom. The van der Waals surface area contributed by atoms with Crippen molar-refractivity contribution in [3.8, 4) is 11.5 Å². The Balaban J connectivity index is 1.73. The molecule has 0 bridgehead atoms. The Kier molecular flexibility index (Phi) is 5.66. The van der Waals surface area contributed by atoms with Crippen LogP contribution in [0.4, 0.5) is 29.3 Å². The Bertz CT molecular complexity index is 1250. The number of nitrogens with zero attached hydrogens (tertiary/aromatic N) is 1. The van der Waals surface area contributed by atoms with Crippen LogP contribution in [0.25, 0.3) is 0 Å². The van der Waals surface area contributed by atoms with Gasteiger partial charge in [-0.05, 0) is 48.5 Å². The first-order valence-corrected chi connectivity index (χ1v) is 9.26. The molecule has 166 valence electrons. The molecular weight excluding hydrogens is 449 g/mol. The molecule has 0 spiro atoms. The smallest absolute Gasteiger partial charge is 0.417 e. The van der Waals surface area contributed by atoms with Gasteiger partial charge in [-0.2, -0.15) is 13.2 Å². The maximum atomic E-state index is 13.1. The molecule has 0 atom stereocenters. The topological polar surface area (TPSA) is 92.4 Å². The van der Waals surface area contributed by atoms with Crippen LogP contribution in [0.3, 0.4) is 0 Å². The molecule has 7 nitrogen and oxygen atoms in total. The van der Waals surface area contributed by atoms with Crippen molar-refractivity contribution < 1.29 is 31.7 Å². The number of pyridine rings is 1. The number of hydrogen-bond acceptors (Lipinski definition) is 4. The molecule has 3 aromatic rings. The van der Waals surface area contributed by atoms with Crippen molar-refractivity contribution in [1.29, 1.82) is 0 Å². The summed E-state index contributed by atoms with van der Waals surface area (Å²) in [5.41, 5.74) is -1.64. The summed E-state index contributed by atoms with van der Waals surface area (Å²) in [6.45, 7) is 0. The second kappa shape index (κ2) is 9.56. The quantitative estimate of drug-likeness (QED) is 0.458. The van der Waals surface area contributed by atoms with E-state index in [2.05, 4.69) is 4.98 Å². The predicted octanol–water partition coefficient (Wildman–Crippen LogP) is 5.55. The zero-order valence-corrected chi connectivity index (χ0v) is 17.1. The van der Waals surface area contributed by atoms with E-state index in [1.165, 1.54) is 49.6 Å². The second-order valence-corrected chi connectivity index (χ2v) is 6.58. The summed E-state index contributed by atoms with van der Waals surface area (Å²) in [4.78, 5) is 28.2. The molecule has 0 unspecified atom stereocenters. The zero-order chi connectivity index (χ0) is 25.9. The molecule has 0 aliphatic carbocycles. The van der Waals surface area contributed by atoms with Gasteiger partial charge >= 0.3 is 12.2 Å². The van der Waals surface area contributed by atoms with Crippen LogP contribution in [0.5, 0.6) is 11.5 Å². The number of amides is 3. The fourth-order valence-electron chi connectivity index (χ4n) is 2.48. The highest BCUT2D eigenvalue weighted by molar-refractivity contribution is 6.31. The number of hydrogen-bond donors (Lipinski definition) is 3. The summed E-state index contributed by atoms with van der Waals surface area (Å²) in [7, 11) is 1.25. The van der Waals surface area contributed by atoms with Gasteiger partial charge in [0.2, 0.25) is 0 Å². The molecule has 3 rings (SSSR count). The monoisotopic (exact) mass is 467 g/mol. The summed E-state index contributed by atoms with van der Waals surface area (Å²) >= 11 is 5.56. The van der Waals surface area contributed by atoms with E-state index in [-0.39, 0.29) is 28.2 Å². The van der Waals surface area contributed by atoms with E-state index < -0.39 is 34.4 Å². The van der Waals surface area contributed by atoms with Gasteiger partial charge in [0, 0.05) is 30.7 Å². The number of carbonyl (C=O) groups is 2. The maximum absolute atomic E-state index is 13.1. The minimum Gasteiger partial charge on any atom is -0.457 e. The van der Waals surface area contributed by atoms with Crippen molar-refractivity contribution in [2.75, 3.05) is 17.7 Å². The average Bonchev–Trinajstić information content (AvgIpc) is 2.82. The van der Waals surface area contributed by atoms with Crippen LogP contribution < -0.4 is 20.7 Å². The fraction of sp³-hybridized carbons (Fsp3) is 0.0952. The lowest BCUT2D eigenvalue weighted by Crippen LogP contribution is -2.19. The SMILES string of the molecule is [2H]N(C)C(=O)c1cc(Oc2ccc(N([2H])C(=O)N([2H])c3ccc(Cl)c(C(F)(F)F)c3)cc2)ccn1. The number of aromatic nitrogens is 1. The van der Waals surface area contributed by atoms with Gasteiger partial charge in [-0.3, -0.25) is 9.78 Å². The van der Waals surface area contributed by atoms with Crippen LogP contribution in [0, 0.1) is 0 Å². The molecule has 11 heteroatoms. The van der Waals surface area contributed by atoms with Gasteiger partial charge in [0.05, 0.1) is 10.6 Å². The third-order valence-electron chi connectivity index (χ3n) is 3.93. The highest BCUT2D eigenvalue weighted by Crippen LogP contribution is 2.36. The van der Waals surface area contributed by atoms with Crippen LogP contribution >= 0.6 is 11.6 Å². The number of ether oxygens (including phenoxy) is 1. The zero-order valence-electron chi connectivity index (χ0n) is 19.3. The lowest BCUT2D eigenvalue weighted by molar-refractivity contribution is -0.137. The molecule has 32 heavy (non-hydrogen) atoms. The molecule has 0 radical (unpaired) electrons. The van der Waals surface area contributed by atoms with E-state index in [1.54, 1.807) is 0 Å².